The average molecular weight is 214 g/mol. The number of halogens is 2. The molecule has 2 nitrogen and oxygen atoms in total. The predicted molar refractivity (Wildman–Crippen MR) is 56.4 cm³/mol. The zero-order chi connectivity index (χ0) is 11.3. The second-order valence-electron chi connectivity index (χ2n) is 3.53. The van der Waals surface area contributed by atoms with Gasteiger partial charge in [0, 0.05) is 6.04 Å². The summed E-state index contributed by atoms with van der Waals surface area (Å²) in [5, 5.41) is 3.01. The first-order valence-electron chi connectivity index (χ1n) is 5.00. The summed E-state index contributed by atoms with van der Waals surface area (Å²) >= 11 is 0. The fourth-order valence-corrected chi connectivity index (χ4v) is 1.41. The molecule has 0 bridgehead atoms. The molecule has 0 aliphatic rings. The average Bonchev–Trinajstić information content (AvgIpc) is 2.22. The third-order valence-corrected chi connectivity index (χ3v) is 2.31. The van der Waals surface area contributed by atoms with E-state index in [0.717, 1.165) is 25.5 Å². The van der Waals surface area contributed by atoms with E-state index in [1.165, 1.54) is 12.1 Å². The highest BCUT2D eigenvalue weighted by Gasteiger charge is 2.08. The third-order valence-electron chi connectivity index (χ3n) is 2.31. The molecule has 0 saturated carbocycles. The lowest BCUT2D eigenvalue weighted by atomic mass is 10.0. The standard InChI is InChI=1S/C11H16F2N2/c1-15-6-2-3-11(14)8-4-5-9(12)10(13)7-8/h4-5,7,11,15H,2-3,6,14H2,1H3. The van der Waals surface area contributed by atoms with Crippen LogP contribution in [0.2, 0.25) is 0 Å². The fraction of sp³-hybridized carbons (Fsp3) is 0.455. The van der Waals surface area contributed by atoms with Gasteiger partial charge in [-0.05, 0) is 44.1 Å². The molecule has 1 atom stereocenters. The zero-order valence-electron chi connectivity index (χ0n) is 8.76. The third kappa shape index (κ3) is 3.57. The van der Waals surface area contributed by atoms with Crippen LogP contribution in [0.5, 0.6) is 0 Å². The van der Waals surface area contributed by atoms with Crippen molar-refractivity contribution in [2.24, 2.45) is 5.73 Å². The summed E-state index contributed by atoms with van der Waals surface area (Å²) in [5.74, 6) is -1.67. The van der Waals surface area contributed by atoms with Gasteiger partial charge in [0.2, 0.25) is 0 Å². The highest BCUT2D eigenvalue weighted by molar-refractivity contribution is 5.20. The number of hydrogen-bond donors (Lipinski definition) is 2. The minimum Gasteiger partial charge on any atom is -0.324 e. The number of benzene rings is 1. The second kappa shape index (κ2) is 5.78. The number of nitrogens with two attached hydrogens (primary N) is 1. The van der Waals surface area contributed by atoms with Gasteiger partial charge in [-0.1, -0.05) is 6.07 Å². The summed E-state index contributed by atoms with van der Waals surface area (Å²) < 4.78 is 25.5. The van der Waals surface area contributed by atoms with Crippen molar-refractivity contribution in [1.82, 2.24) is 5.32 Å². The molecule has 0 aliphatic carbocycles. The molecule has 84 valence electrons. The SMILES string of the molecule is CNCCCC(N)c1ccc(F)c(F)c1. The highest BCUT2D eigenvalue weighted by Crippen LogP contribution is 2.17. The lowest BCUT2D eigenvalue weighted by molar-refractivity contribution is 0.503. The first-order valence-corrected chi connectivity index (χ1v) is 5.00. The smallest absolute Gasteiger partial charge is 0.159 e. The van der Waals surface area contributed by atoms with E-state index in [1.807, 2.05) is 7.05 Å². The van der Waals surface area contributed by atoms with E-state index >= 15 is 0 Å². The van der Waals surface area contributed by atoms with E-state index in [1.54, 1.807) is 0 Å². The molecule has 15 heavy (non-hydrogen) atoms. The van der Waals surface area contributed by atoms with Crippen molar-refractivity contribution >= 4 is 0 Å². The Hall–Kier alpha value is -1.00. The zero-order valence-corrected chi connectivity index (χ0v) is 8.76. The predicted octanol–water partition coefficient (Wildman–Crippen LogP) is 1.96. The van der Waals surface area contributed by atoms with Crippen LogP contribution in [-0.4, -0.2) is 13.6 Å². The van der Waals surface area contributed by atoms with Gasteiger partial charge in [0.15, 0.2) is 11.6 Å². The molecular formula is C11H16F2N2. The molecule has 1 aromatic rings. The first kappa shape index (κ1) is 12.1. The van der Waals surface area contributed by atoms with Gasteiger partial charge >= 0.3 is 0 Å². The van der Waals surface area contributed by atoms with Crippen molar-refractivity contribution in [3.63, 3.8) is 0 Å². The van der Waals surface area contributed by atoms with Crippen LogP contribution in [0.4, 0.5) is 8.78 Å². The van der Waals surface area contributed by atoms with Crippen molar-refractivity contribution in [1.29, 1.82) is 0 Å². The first-order chi connectivity index (χ1) is 7.15. The van der Waals surface area contributed by atoms with Crippen LogP contribution in [0.25, 0.3) is 0 Å². The minimum absolute atomic E-state index is 0.228. The molecule has 0 aromatic heterocycles. The Morgan fingerprint density at radius 3 is 2.67 bits per heavy atom. The van der Waals surface area contributed by atoms with Gasteiger partial charge < -0.3 is 11.1 Å². The molecule has 3 N–H and O–H groups in total. The van der Waals surface area contributed by atoms with Gasteiger partial charge in [0.1, 0.15) is 0 Å². The Labute approximate surface area is 88.5 Å². The van der Waals surface area contributed by atoms with Crippen LogP contribution in [0.3, 0.4) is 0 Å². The summed E-state index contributed by atoms with van der Waals surface area (Å²) in [4.78, 5) is 0. The molecule has 0 saturated heterocycles. The van der Waals surface area contributed by atoms with Crippen molar-refractivity contribution in [2.75, 3.05) is 13.6 Å². The number of rotatable bonds is 5. The number of hydrogen-bond acceptors (Lipinski definition) is 2. The van der Waals surface area contributed by atoms with Gasteiger partial charge in [-0.3, -0.25) is 0 Å². The van der Waals surface area contributed by atoms with Crippen LogP contribution in [0.15, 0.2) is 18.2 Å². The molecular weight excluding hydrogens is 198 g/mol. The van der Waals surface area contributed by atoms with Gasteiger partial charge in [-0.15, -0.1) is 0 Å². The molecule has 0 amide bonds. The van der Waals surface area contributed by atoms with Gasteiger partial charge in [-0.2, -0.15) is 0 Å². The topological polar surface area (TPSA) is 38.0 Å². The molecule has 0 spiro atoms. The summed E-state index contributed by atoms with van der Waals surface area (Å²) in [5.41, 5.74) is 6.48. The molecule has 1 unspecified atom stereocenters. The van der Waals surface area contributed by atoms with E-state index in [2.05, 4.69) is 5.32 Å². The van der Waals surface area contributed by atoms with Crippen LogP contribution in [0, 0.1) is 11.6 Å². The quantitative estimate of drug-likeness (QED) is 0.735. The normalized spacial score (nSPS) is 12.8. The fourth-order valence-electron chi connectivity index (χ4n) is 1.41. The molecule has 0 radical (unpaired) electrons. The summed E-state index contributed by atoms with van der Waals surface area (Å²) in [6, 6.07) is 3.58. The van der Waals surface area contributed by atoms with Gasteiger partial charge in [0.25, 0.3) is 0 Å². The molecule has 0 aliphatic heterocycles. The maximum atomic E-state index is 12.9. The summed E-state index contributed by atoms with van der Waals surface area (Å²) in [6.45, 7) is 0.872. The molecule has 4 heteroatoms. The lowest BCUT2D eigenvalue weighted by Gasteiger charge is -2.11. The van der Waals surface area contributed by atoms with Crippen molar-refractivity contribution in [3.8, 4) is 0 Å². The maximum absolute atomic E-state index is 12.9. The molecule has 1 aromatic carbocycles. The Balaban J connectivity index is 2.57. The molecule has 0 fully saturated rings. The minimum atomic E-state index is -0.837. The van der Waals surface area contributed by atoms with Crippen LogP contribution in [-0.2, 0) is 0 Å². The highest BCUT2D eigenvalue weighted by atomic mass is 19.2. The van der Waals surface area contributed by atoms with E-state index in [-0.39, 0.29) is 6.04 Å². The maximum Gasteiger partial charge on any atom is 0.159 e. The van der Waals surface area contributed by atoms with E-state index in [4.69, 9.17) is 5.73 Å². The van der Waals surface area contributed by atoms with E-state index < -0.39 is 11.6 Å². The van der Waals surface area contributed by atoms with Crippen LogP contribution >= 0.6 is 0 Å². The van der Waals surface area contributed by atoms with E-state index in [0.29, 0.717) is 5.56 Å². The summed E-state index contributed by atoms with van der Waals surface area (Å²) in [6.07, 6.45) is 1.67. The van der Waals surface area contributed by atoms with Crippen LogP contribution in [0.1, 0.15) is 24.4 Å². The van der Waals surface area contributed by atoms with Gasteiger partial charge in [0.05, 0.1) is 0 Å². The molecule has 1 rings (SSSR count). The molecule has 0 heterocycles. The monoisotopic (exact) mass is 214 g/mol. The Kier molecular flexibility index (Phi) is 4.65. The summed E-state index contributed by atoms with van der Waals surface area (Å²) in [7, 11) is 1.86. The Bertz CT molecular complexity index is 315. The Morgan fingerprint density at radius 2 is 2.07 bits per heavy atom. The van der Waals surface area contributed by atoms with Crippen molar-refractivity contribution in [2.45, 2.75) is 18.9 Å². The second-order valence-corrected chi connectivity index (χ2v) is 3.53. The Morgan fingerprint density at radius 1 is 1.33 bits per heavy atom. The number of nitrogens with one attached hydrogen (secondary N) is 1. The lowest BCUT2D eigenvalue weighted by Crippen LogP contribution is -2.14. The van der Waals surface area contributed by atoms with Crippen LogP contribution < -0.4 is 11.1 Å². The van der Waals surface area contributed by atoms with Gasteiger partial charge in [-0.25, -0.2) is 8.78 Å². The van der Waals surface area contributed by atoms with Crippen molar-refractivity contribution < 1.29 is 8.78 Å². The van der Waals surface area contributed by atoms with E-state index in [9.17, 15) is 8.78 Å². The van der Waals surface area contributed by atoms with Crippen molar-refractivity contribution in [3.05, 3.63) is 35.4 Å². The largest absolute Gasteiger partial charge is 0.324 e.